The quantitative estimate of drug-likeness (QED) is 0.180. The molecule has 0 aromatic carbocycles. The topological polar surface area (TPSA) is 212 Å². The van der Waals surface area contributed by atoms with Crippen LogP contribution in [0.15, 0.2) is 23.5 Å². The van der Waals surface area contributed by atoms with Crippen molar-refractivity contribution in [1.29, 1.82) is 0 Å². The zero-order valence-electron chi connectivity index (χ0n) is 31.0. The van der Waals surface area contributed by atoms with Crippen LogP contribution >= 0.6 is 0 Å². The fourth-order valence-electron chi connectivity index (χ4n) is 13.2. The van der Waals surface area contributed by atoms with Gasteiger partial charge in [0.25, 0.3) is 0 Å². The van der Waals surface area contributed by atoms with E-state index < -0.39 is 72.0 Å². The first-order valence-electron chi connectivity index (χ1n) is 20.8. The van der Waals surface area contributed by atoms with Crippen LogP contribution in [0.3, 0.4) is 0 Å². The monoisotopic (exact) mass is 742 g/mol. The number of nitrogens with two attached hydrogens (primary N) is 1. The molecular formula is C41H62N2O10. The Hall–Kier alpha value is -1.74. The average molecular weight is 743 g/mol. The van der Waals surface area contributed by atoms with Crippen LogP contribution in [-0.4, -0.2) is 104 Å². The van der Waals surface area contributed by atoms with Gasteiger partial charge in [0.1, 0.15) is 35.0 Å². The van der Waals surface area contributed by atoms with E-state index in [0.717, 1.165) is 76.3 Å². The summed E-state index contributed by atoms with van der Waals surface area (Å²) in [6.07, 6.45) is 9.96. The Morgan fingerprint density at radius 2 is 1.68 bits per heavy atom. The third-order valence-corrected chi connectivity index (χ3v) is 15.7. The molecule has 8 rings (SSSR count). The lowest BCUT2D eigenvalue weighted by atomic mass is 9.50. The van der Waals surface area contributed by atoms with Crippen LogP contribution in [0.25, 0.3) is 0 Å². The van der Waals surface area contributed by atoms with Crippen molar-refractivity contribution in [2.24, 2.45) is 58.5 Å². The first kappa shape index (κ1) is 38.1. The molecule has 2 bridgehead atoms. The van der Waals surface area contributed by atoms with Crippen LogP contribution in [0.4, 0.5) is 0 Å². The maximum atomic E-state index is 14.4. The second-order valence-corrected chi connectivity index (χ2v) is 18.4. The van der Waals surface area contributed by atoms with Gasteiger partial charge in [-0.2, -0.15) is 0 Å². The highest BCUT2D eigenvalue weighted by molar-refractivity contribution is 6.02. The number of carbonyl (C=O) groups is 2. The summed E-state index contributed by atoms with van der Waals surface area (Å²) < 4.78 is 12.9. The number of nitrogens with one attached hydrogen (secondary N) is 1. The smallest absolute Gasteiger partial charge is 0.187 e. The van der Waals surface area contributed by atoms with Crippen LogP contribution in [0.5, 0.6) is 0 Å². The van der Waals surface area contributed by atoms with E-state index in [0.29, 0.717) is 38.0 Å². The number of fused-ring (bicyclic) bond motifs is 4. The van der Waals surface area contributed by atoms with Gasteiger partial charge >= 0.3 is 0 Å². The second-order valence-electron chi connectivity index (χ2n) is 18.4. The van der Waals surface area contributed by atoms with E-state index in [-0.39, 0.29) is 53.8 Å². The zero-order valence-corrected chi connectivity index (χ0v) is 31.0. The van der Waals surface area contributed by atoms with Gasteiger partial charge in [-0.1, -0.05) is 38.2 Å². The maximum absolute atomic E-state index is 14.4. The molecular weight excluding hydrogens is 680 g/mol. The van der Waals surface area contributed by atoms with E-state index in [2.05, 4.69) is 5.32 Å². The van der Waals surface area contributed by atoms with Gasteiger partial charge in [0.15, 0.2) is 12.1 Å². The number of allylic oxidation sites excluding steroid dienone is 4. The van der Waals surface area contributed by atoms with Gasteiger partial charge < -0.3 is 51.2 Å². The molecule has 0 radical (unpaired) electrons. The molecule has 296 valence electrons. The largest absolute Gasteiger partial charge is 0.512 e. The van der Waals surface area contributed by atoms with E-state index in [9.17, 15) is 40.2 Å². The molecule has 8 aliphatic rings. The van der Waals surface area contributed by atoms with Crippen LogP contribution in [-0.2, 0) is 19.1 Å². The summed E-state index contributed by atoms with van der Waals surface area (Å²) in [5, 5.41) is 72.1. The molecule has 12 nitrogen and oxygen atoms in total. The van der Waals surface area contributed by atoms with Crippen molar-refractivity contribution in [1.82, 2.24) is 5.32 Å². The standard InChI is InChI=1S/C41H62N2O10/c42-31-19-25(10-14-43-31)39(11-1-2-12-39)30-9-13-40(21-45)38(50)41(30,51)36(49)37(53-40)52-29-8-4-7-26-33(29)35(48)32-27(34(26)47)17-24(18-28(32)46)16-22-5-3-6-23(15-22)20-44/h17-18,22-23,25-27,29-33,36-38,43-46,49-51H,1-16,19-21,42H2/t22?,23?,25?,26?,27-,29?,30+,31?,32+,33?,36+,37+,38-,40-,41+/m1/s1. The molecule has 7 unspecified atom stereocenters. The highest BCUT2D eigenvalue weighted by Crippen LogP contribution is 2.63. The average Bonchev–Trinajstić information content (AvgIpc) is 3.65. The van der Waals surface area contributed by atoms with Crippen molar-refractivity contribution in [3.8, 4) is 0 Å². The lowest BCUT2D eigenvalue weighted by Gasteiger charge is -2.64. The SMILES string of the molecule is NC1CC(C2([C@@H]3CC[C@]4(CO)O[C@H](OC5CCCC6C(=O)[C@@H]7C=C(CC8CCCC(CO)C8)C=C(O)[C@H]7C(=O)C56)[C@H](O)[C@]3(O)[C@@H]4O)CCCC2)CCN1. The summed E-state index contributed by atoms with van der Waals surface area (Å²) in [7, 11) is 0. The minimum atomic E-state index is -2.06. The van der Waals surface area contributed by atoms with Crippen molar-refractivity contribution < 1.29 is 49.7 Å². The van der Waals surface area contributed by atoms with Gasteiger partial charge in [-0.3, -0.25) is 9.59 Å². The molecule has 0 amide bonds. The summed E-state index contributed by atoms with van der Waals surface area (Å²) in [5.41, 5.74) is 3.25. The predicted octanol–water partition coefficient (Wildman–Crippen LogP) is 2.54. The third-order valence-electron chi connectivity index (χ3n) is 15.7. The van der Waals surface area contributed by atoms with Gasteiger partial charge in [-0.25, -0.2) is 0 Å². The molecule has 5 saturated carbocycles. The molecule has 6 aliphatic carbocycles. The van der Waals surface area contributed by atoms with Gasteiger partial charge in [0, 0.05) is 12.5 Å². The highest BCUT2D eigenvalue weighted by atomic mass is 16.7. The fourth-order valence-corrected chi connectivity index (χ4v) is 13.2. The number of Topliss-reactive ketones (excluding diaryl/α,β-unsaturated/α-hetero) is 2. The Bertz CT molecular complexity index is 1460. The Kier molecular flexibility index (Phi) is 10.5. The van der Waals surface area contributed by atoms with Crippen LogP contribution < -0.4 is 11.1 Å². The number of aliphatic hydroxyl groups excluding tert-OH is 5. The molecule has 9 N–H and O–H groups in total. The fraction of sp³-hybridized carbons (Fsp3) is 0.854. The summed E-state index contributed by atoms with van der Waals surface area (Å²) >= 11 is 0. The molecule has 2 aliphatic heterocycles. The van der Waals surface area contributed by atoms with Gasteiger partial charge in [0.2, 0.25) is 0 Å². The number of ether oxygens (including phenoxy) is 2. The number of piperidine rings is 1. The summed E-state index contributed by atoms with van der Waals surface area (Å²) in [4.78, 5) is 28.7. The van der Waals surface area contributed by atoms with E-state index in [1.165, 1.54) is 0 Å². The van der Waals surface area contributed by atoms with Gasteiger partial charge in [0.05, 0.1) is 36.6 Å². The van der Waals surface area contributed by atoms with Crippen LogP contribution in [0.2, 0.25) is 0 Å². The summed E-state index contributed by atoms with van der Waals surface area (Å²) in [6.45, 7) is 0.332. The second kappa shape index (κ2) is 14.6. The molecule has 15 atom stereocenters. The van der Waals surface area contributed by atoms with E-state index in [1.807, 2.05) is 6.08 Å². The maximum Gasteiger partial charge on any atom is 0.187 e. The first-order chi connectivity index (χ1) is 25.5. The number of hydrogen-bond donors (Lipinski definition) is 8. The van der Waals surface area contributed by atoms with Crippen LogP contribution in [0, 0.1) is 52.8 Å². The lowest BCUT2D eigenvalue weighted by Crippen LogP contribution is -2.79. The number of rotatable bonds is 8. The number of aliphatic hydroxyl groups is 6. The Labute approximate surface area is 312 Å². The van der Waals surface area contributed by atoms with Crippen molar-refractivity contribution in [3.63, 3.8) is 0 Å². The molecule has 53 heavy (non-hydrogen) atoms. The molecule has 0 aromatic heterocycles. The molecule has 2 saturated heterocycles. The first-order valence-corrected chi connectivity index (χ1v) is 20.8. The lowest BCUT2D eigenvalue weighted by molar-refractivity contribution is -0.405. The Balaban J connectivity index is 1.05. The normalized spacial score (nSPS) is 48.4. The van der Waals surface area contributed by atoms with Crippen molar-refractivity contribution in [3.05, 3.63) is 23.5 Å². The van der Waals surface area contributed by atoms with E-state index in [4.69, 9.17) is 15.2 Å². The molecule has 7 fully saturated rings. The third kappa shape index (κ3) is 6.21. The number of ketones is 2. The number of hydrogen-bond acceptors (Lipinski definition) is 12. The minimum Gasteiger partial charge on any atom is -0.512 e. The van der Waals surface area contributed by atoms with Gasteiger partial charge in [-0.15, -0.1) is 0 Å². The Morgan fingerprint density at radius 3 is 2.42 bits per heavy atom. The van der Waals surface area contributed by atoms with Gasteiger partial charge in [-0.05, 0) is 118 Å². The predicted molar refractivity (Wildman–Crippen MR) is 193 cm³/mol. The summed E-state index contributed by atoms with van der Waals surface area (Å²) in [5.74, 6) is -3.43. The minimum absolute atomic E-state index is 0.0896. The van der Waals surface area contributed by atoms with E-state index in [1.54, 1.807) is 6.08 Å². The van der Waals surface area contributed by atoms with Crippen LogP contribution in [0.1, 0.15) is 103 Å². The van der Waals surface area contributed by atoms with E-state index >= 15 is 0 Å². The molecule has 2 heterocycles. The summed E-state index contributed by atoms with van der Waals surface area (Å²) in [6, 6.07) is 0. The van der Waals surface area contributed by atoms with Crippen molar-refractivity contribution in [2.75, 3.05) is 19.8 Å². The molecule has 0 spiro atoms. The highest BCUT2D eigenvalue weighted by Gasteiger charge is 2.72. The Morgan fingerprint density at radius 1 is 0.925 bits per heavy atom. The molecule has 12 heteroatoms. The molecule has 0 aromatic rings. The number of carbonyl (C=O) groups excluding carboxylic acids is 2. The van der Waals surface area contributed by atoms with Crippen molar-refractivity contribution in [2.45, 2.75) is 145 Å². The zero-order chi connectivity index (χ0) is 37.3. The van der Waals surface area contributed by atoms with Crippen molar-refractivity contribution >= 4 is 11.6 Å².